The normalized spacial score (nSPS) is 8.38. The molecule has 0 bridgehead atoms. The SMILES string of the molecule is CC(=[OH+])[CH-]C(=[OH+])c1ccccc1.[Ta+5]. The largest absolute Gasteiger partial charge is 5.00 e. The summed E-state index contributed by atoms with van der Waals surface area (Å²) in [6.45, 7) is 1.51. The molecule has 3 heteroatoms. The van der Waals surface area contributed by atoms with E-state index in [1.54, 1.807) is 12.1 Å². The van der Waals surface area contributed by atoms with E-state index >= 15 is 0 Å². The standard InChI is InChI=1S/C10H9O2.Ta/c1-8(11)7-10(12)9-5-3-2-4-6-9;/h2-7H,1H3;/q-1;+5/p+2. The molecule has 0 unspecified atom stereocenters. The van der Waals surface area contributed by atoms with Crippen molar-refractivity contribution in [3.63, 3.8) is 0 Å². The van der Waals surface area contributed by atoms with Crippen LogP contribution in [0.25, 0.3) is 0 Å². The second kappa shape index (κ2) is 5.75. The Balaban J connectivity index is 0.00000144. The molecule has 0 saturated heterocycles. The maximum absolute atomic E-state index is 9.37. The Kier molecular flexibility index (Phi) is 5.39. The summed E-state index contributed by atoms with van der Waals surface area (Å²) in [7, 11) is 0. The number of hydrogen-bond donors (Lipinski definition) is 0. The van der Waals surface area contributed by atoms with Crippen molar-refractivity contribution in [3.8, 4) is 0 Å². The monoisotopic (exact) mass is 344 g/mol. The number of hydrogen-bond acceptors (Lipinski definition) is 0. The van der Waals surface area contributed by atoms with E-state index in [0.29, 0.717) is 5.56 Å². The average molecular weight is 344 g/mol. The van der Waals surface area contributed by atoms with Gasteiger partial charge >= 0.3 is 22.4 Å². The zero-order valence-corrected chi connectivity index (χ0v) is 10.5. The molecule has 0 radical (unpaired) electrons. The fraction of sp³-hybridized carbons (Fsp3) is 0.100. The molecule has 0 spiro atoms. The minimum absolute atomic E-state index is 0. The van der Waals surface area contributed by atoms with Crippen LogP contribution in [0.1, 0.15) is 12.5 Å². The molecule has 1 rings (SSSR count). The summed E-state index contributed by atoms with van der Waals surface area (Å²) < 4.78 is 0. The van der Waals surface area contributed by atoms with Crippen molar-refractivity contribution >= 4 is 11.6 Å². The molecule has 0 saturated carbocycles. The van der Waals surface area contributed by atoms with Crippen LogP contribution in [0, 0.1) is 6.42 Å². The van der Waals surface area contributed by atoms with Gasteiger partial charge in [0.1, 0.15) is 0 Å². The van der Waals surface area contributed by atoms with Crippen LogP contribution in [0.5, 0.6) is 0 Å². The molecule has 13 heavy (non-hydrogen) atoms. The van der Waals surface area contributed by atoms with E-state index < -0.39 is 0 Å². The Morgan fingerprint density at radius 3 is 2.15 bits per heavy atom. The molecule has 62 valence electrons. The molecule has 0 heterocycles. The van der Waals surface area contributed by atoms with E-state index in [4.69, 9.17) is 4.79 Å². The van der Waals surface area contributed by atoms with Crippen molar-refractivity contribution in [2.45, 2.75) is 6.92 Å². The van der Waals surface area contributed by atoms with Crippen molar-refractivity contribution < 1.29 is 32.0 Å². The number of carbonyl (C=O) groups excluding carboxylic acids is 2. The minimum atomic E-state index is 0. The van der Waals surface area contributed by atoms with Gasteiger partial charge in [0.2, 0.25) is 11.6 Å². The van der Waals surface area contributed by atoms with Crippen LogP contribution in [0.3, 0.4) is 0 Å². The summed E-state index contributed by atoms with van der Waals surface area (Å²) in [6.07, 6.45) is 1.31. The molecular weight excluding hydrogens is 333 g/mol. The van der Waals surface area contributed by atoms with Crippen molar-refractivity contribution in [1.29, 1.82) is 0 Å². The summed E-state index contributed by atoms with van der Waals surface area (Å²) in [5, 5.41) is 0. The molecule has 0 aliphatic carbocycles. The predicted molar refractivity (Wildman–Crippen MR) is 49.4 cm³/mol. The summed E-state index contributed by atoms with van der Waals surface area (Å²) in [6, 6.07) is 9.06. The zero-order valence-electron chi connectivity index (χ0n) is 7.31. The fourth-order valence-electron chi connectivity index (χ4n) is 0.890. The van der Waals surface area contributed by atoms with E-state index in [9.17, 15) is 4.79 Å². The zero-order chi connectivity index (χ0) is 8.97. The summed E-state index contributed by atoms with van der Waals surface area (Å²) in [5.41, 5.74) is 0.700. The molecule has 1 aromatic rings. The molecule has 0 atom stereocenters. The predicted octanol–water partition coefficient (Wildman–Crippen LogP) is 1.35. The Hall–Kier alpha value is -0.830. The van der Waals surface area contributed by atoms with Gasteiger partial charge < -0.3 is 4.79 Å². The van der Waals surface area contributed by atoms with Crippen LogP contribution < -0.4 is 0 Å². The smallest absolute Gasteiger partial charge is 0.313 e. The number of benzene rings is 1. The maximum Gasteiger partial charge on any atom is 5.00 e. The molecule has 0 aliphatic rings. The molecule has 2 nitrogen and oxygen atoms in total. The summed E-state index contributed by atoms with van der Waals surface area (Å²) in [5.74, 6) is 0.173. The second-order valence-corrected chi connectivity index (χ2v) is 2.54. The van der Waals surface area contributed by atoms with E-state index in [1.165, 1.54) is 13.3 Å². The summed E-state index contributed by atoms with van der Waals surface area (Å²) >= 11 is 0. The van der Waals surface area contributed by atoms with Gasteiger partial charge in [0.25, 0.3) is 0 Å². The van der Waals surface area contributed by atoms with Crippen LogP contribution in [-0.4, -0.2) is 21.2 Å². The van der Waals surface area contributed by atoms with Crippen molar-refractivity contribution in [2.24, 2.45) is 0 Å². The number of ketones is 2. The van der Waals surface area contributed by atoms with Crippen molar-refractivity contribution in [1.82, 2.24) is 0 Å². The third-order valence-electron chi connectivity index (χ3n) is 1.42. The second-order valence-electron chi connectivity index (χ2n) is 2.54. The molecule has 2 N–H and O–H groups in total. The quantitative estimate of drug-likeness (QED) is 0.344. The Labute approximate surface area is 92.8 Å². The molecular formula is C10H11O2Ta+6. The Bertz CT molecular complexity index is 293. The first-order chi connectivity index (χ1) is 5.70. The third-order valence-corrected chi connectivity index (χ3v) is 1.42. The van der Waals surface area contributed by atoms with Gasteiger partial charge in [-0.05, 0) is 6.42 Å². The molecule has 0 aromatic heterocycles. The van der Waals surface area contributed by atoms with Gasteiger partial charge in [0.05, 0.1) is 0 Å². The van der Waals surface area contributed by atoms with Crippen molar-refractivity contribution in [2.75, 3.05) is 0 Å². The first-order valence-electron chi connectivity index (χ1n) is 3.69. The summed E-state index contributed by atoms with van der Waals surface area (Å²) in [4.78, 5) is 18.2. The molecule has 1 aromatic carbocycles. The van der Waals surface area contributed by atoms with Crippen LogP contribution in [0.4, 0.5) is 0 Å². The van der Waals surface area contributed by atoms with E-state index in [1.807, 2.05) is 18.2 Å². The van der Waals surface area contributed by atoms with E-state index in [2.05, 4.69) is 0 Å². The Morgan fingerprint density at radius 2 is 1.69 bits per heavy atom. The molecule has 0 amide bonds. The average Bonchev–Trinajstić information content (AvgIpc) is 2.05. The fourth-order valence-corrected chi connectivity index (χ4v) is 0.890. The van der Waals surface area contributed by atoms with E-state index in [-0.39, 0.29) is 33.9 Å². The van der Waals surface area contributed by atoms with Gasteiger partial charge in [-0.1, -0.05) is 23.8 Å². The van der Waals surface area contributed by atoms with Gasteiger partial charge in [-0.25, -0.2) is 0 Å². The Morgan fingerprint density at radius 1 is 1.15 bits per heavy atom. The van der Waals surface area contributed by atoms with Gasteiger partial charge in [0.15, 0.2) is 0 Å². The van der Waals surface area contributed by atoms with Crippen LogP contribution in [0.2, 0.25) is 0 Å². The van der Waals surface area contributed by atoms with Gasteiger partial charge in [-0.3, -0.25) is 4.79 Å². The first-order valence-corrected chi connectivity index (χ1v) is 3.69. The van der Waals surface area contributed by atoms with Gasteiger partial charge in [-0.2, -0.15) is 0 Å². The van der Waals surface area contributed by atoms with Gasteiger partial charge in [0, 0.05) is 6.92 Å². The molecule has 0 fully saturated rings. The van der Waals surface area contributed by atoms with E-state index in [0.717, 1.165) is 0 Å². The van der Waals surface area contributed by atoms with Crippen LogP contribution in [-0.2, 0) is 22.4 Å². The van der Waals surface area contributed by atoms with Gasteiger partial charge in [-0.15, -0.1) is 12.1 Å². The topological polar surface area (TPSA) is 42.8 Å². The third kappa shape index (κ3) is 4.08. The maximum atomic E-state index is 9.37. The minimum Gasteiger partial charge on any atom is -0.313 e. The van der Waals surface area contributed by atoms with Crippen LogP contribution in [0.15, 0.2) is 30.3 Å². The molecule has 0 aliphatic heterocycles. The van der Waals surface area contributed by atoms with Crippen molar-refractivity contribution in [3.05, 3.63) is 42.3 Å². The number of rotatable bonds is 3. The van der Waals surface area contributed by atoms with Crippen LogP contribution >= 0.6 is 0 Å². The first kappa shape index (κ1) is 12.2.